The van der Waals surface area contributed by atoms with Gasteiger partial charge in [-0.05, 0) is 69.5 Å². The van der Waals surface area contributed by atoms with Gasteiger partial charge in [0.25, 0.3) is 0 Å². The Balaban J connectivity index is 0.984. The lowest BCUT2D eigenvalue weighted by atomic mass is 9.56. The standard InChI is InChI=1S/C25H31FN8O2/c26-23-17(4-5-20(23)36-25(35)29-18-10-14-2-3-16(14)18)19-11-21(32-31-19)30-24-27-7-6-22-28-15(13-34(22)24)12-33-8-1-9-33/h6-7,11,13-14,16-18,20,23H,1-5,8-10,12H2,(H,29,35)(H2,27,30,31,32)/t14?,16?,17-,18?,20-,23-/m1/s1. The second-order valence-electron chi connectivity index (χ2n) is 10.8. The minimum Gasteiger partial charge on any atom is -0.443 e. The molecular formula is C25H31FN8O2. The van der Waals surface area contributed by atoms with Crippen LogP contribution in [0.15, 0.2) is 24.5 Å². The zero-order valence-electron chi connectivity index (χ0n) is 20.1. The van der Waals surface area contributed by atoms with E-state index < -0.39 is 24.3 Å². The molecule has 3 aromatic rings. The van der Waals surface area contributed by atoms with Crippen molar-refractivity contribution in [2.75, 3.05) is 18.4 Å². The summed E-state index contributed by atoms with van der Waals surface area (Å²) in [6.45, 7) is 3.06. The maximum Gasteiger partial charge on any atom is 0.407 e. The van der Waals surface area contributed by atoms with E-state index in [0.717, 1.165) is 43.3 Å². The lowest BCUT2D eigenvalue weighted by Crippen LogP contribution is -2.57. The predicted molar refractivity (Wildman–Crippen MR) is 130 cm³/mol. The van der Waals surface area contributed by atoms with E-state index in [9.17, 15) is 4.79 Å². The number of H-pyrrole nitrogens is 1. The Morgan fingerprint density at radius 3 is 2.92 bits per heavy atom. The van der Waals surface area contributed by atoms with Gasteiger partial charge in [-0.15, -0.1) is 0 Å². The molecule has 4 heterocycles. The molecule has 1 aliphatic heterocycles. The van der Waals surface area contributed by atoms with E-state index in [1.54, 1.807) is 6.20 Å². The number of likely N-dealkylation sites (tertiary alicyclic amines) is 1. The molecule has 0 aromatic carbocycles. The van der Waals surface area contributed by atoms with Crippen LogP contribution in [0.25, 0.3) is 5.65 Å². The summed E-state index contributed by atoms with van der Waals surface area (Å²) in [6.07, 6.45) is 6.99. The van der Waals surface area contributed by atoms with Crippen LogP contribution in [0.5, 0.6) is 0 Å². The van der Waals surface area contributed by atoms with Crippen LogP contribution in [0.4, 0.5) is 21.0 Å². The van der Waals surface area contributed by atoms with Gasteiger partial charge >= 0.3 is 6.09 Å². The number of nitrogens with zero attached hydrogens (tertiary/aromatic N) is 5. The number of carbonyl (C=O) groups is 1. The number of amides is 1. The Morgan fingerprint density at radius 2 is 2.17 bits per heavy atom. The topological polar surface area (TPSA) is 112 Å². The fourth-order valence-corrected chi connectivity index (χ4v) is 6.20. The van der Waals surface area contributed by atoms with Gasteiger partial charge in [-0.2, -0.15) is 5.10 Å². The van der Waals surface area contributed by atoms with Crippen LogP contribution >= 0.6 is 0 Å². The molecule has 1 saturated heterocycles. The number of imidazole rings is 1. The number of hydrogen-bond donors (Lipinski definition) is 3. The normalized spacial score (nSPS) is 31.2. The molecule has 3 saturated carbocycles. The Hall–Kier alpha value is -3.21. The van der Waals surface area contributed by atoms with Gasteiger partial charge < -0.3 is 15.4 Å². The summed E-state index contributed by atoms with van der Waals surface area (Å²) in [4.78, 5) is 23.8. The van der Waals surface area contributed by atoms with Gasteiger partial charge in [-0.25, -0.2) is 19.2 Å². The Morgan fingerprint density at radius 1 is 1.25 bits per heavy atom. The van der Waals surface area contributed by atoms with Crippen molar-refractivity contribution in [1.29, 1.82) is 0 Å². The van der Waals surface area contributed by atoms with Crippen molar-refractivity contribution in [3.05, 3.63) is 35.9 Å². The highest BCUT2D eigenvalue weighted by atomic mass is 19.1. The second kappa shape index (κ2) is 8.72. The van der Waals surface area contributed by atoms with Gasteiger partial charge in [0.1, 0.15) is 17.9 Å². The van der Waals surface area contributed by atoms with Crippen molar-refractivity contribution in [2.45, 2.75) is 69.3 Å². The molecule has 0 radical (unpaired) electrons. The molecule has 4 aliphatic rings. The molecule has 6 atom stereocenters. The number of aromatic nitrogens is 5. The summed E-state index contributed by atoms with van der Waals surface area (Å²) in [5.41, 5.74) is 2.50. The molecule has 3 aromatic heterocycles. The van der Waals surface area contributed by atoms with Crippen LogP contribution in [0.1, 0.15) is 55.8 Å². The van der Waals surface area contributed by atoms with E-state index >= 15 is 4.39 Å². The summed E-state index contributed by atoms with van der Waals surface area (Å²) in [5.74, 6) is 2.12. The average molecular weight is 495 g/mol. The van der Waals surface area contributed by atoms with E-state index in [4.69, 9.17) is 9.72 Å². The summed E-state index contributed by atoms with van der Waals surface area (Å²) < 4.78 is 22.7. The average Bonchev–Trinajstić information content (AvgIpc) is 3.54. The third-order valence-corrected chi connectivity index (χ3v) is 8.62. The van der Waals surface area contributed by atoms with Crippen molar-refractivity contribution in [1.82, 2.24) is 34.8 Å². The monoisotopic (exact) mass is 494 g/mol. The number of anilines is 2. The van der Waals surface area contributed by atoms with E-state index in [1.807, 2.05) is 22.7 Å². The molecule has 3 unspecified atom stereocenters. The zero-order valence-corrected chi connectivity index (χ0v) is 20.1. The molecule has 1 amide bonds. The van der Waals surface area contributed by atoms with Gasteiger partial charge in [0.05, 0.1) is 5.69 Å². The number of nitrogens with one attached hydrogen (secondary N) is 3. The van der Waals surface area contributed by atoms with E-state index in [0.29, 0.717) is 36.2 Å². The quantitative estimate of drug-likeness (QED) is 0.461. The molecule has 4 fully saturated rings. The molecule has 11 heteroatoms. The summed E-state index contributed by atoms with van der Waals surface area (Å²) in [6, 6.07) is 3.88. The largest absolute Gasteiger partial charge is 0.443 e. The summed E-state index contributed by atoms with van der Waals surface area (Å²) in [5, 5.41) is 13.5. The number of halogens is 1. The maximum atomic E-state index is 15.3. The molecule has 190 valence electrons. The van der Waals surface area contributed by atoms with Crippen LogP contribution in [-0.2, 0) is 11.3 Å². The number of ether oxygens (including phenoxy) is 1. The van der Waals surface area contributed by atoms with Crippen molar-refractivity contribution in [3.63, 3.8) is 0 Å². The Kier molecular flexibility index (Phi) is 5.33. The van der Waals surface area contributed by atoms with Gasteiger partial charge in [0.2, 0.25) is 5.95 Å². The molecule has 7 rings (SSSR count). The highest BCUT2D eigenvalue weighted by molar-refractivity contribution is 5.68. The highest BCUT2D eigenvalue weighted by Gasteiger charge is 2.48. The van der Waals surface area contributed by atoms with Gasteiger partial charge in [0, 0.05) is 42.7 Å². The molecular weight excluding hydrogens is 463 g/mol. The zero-order chi connectivity index (χ0) is 24.2. The molecule has 36 heavy (non-hydrogen) atoms. The first-order valence-corrected chi connectivity index (χ1v) is 13.1. The van der Waals surface area contributed by atoms with E-state index in [2.05, 4.69) is 30.7 Å². The number of rotatable bonds is 7. The van der Waals surface area contributed by atoms with Crippen LogP contribution in [0.2, 0.25) is 0 Å². The molecule has 0 spiro atoms. The fourth-order valence-electron chi connectivity index (χ4n) is 6.20. The Bertz CT molecular complexity index is 1270. The SMILES string of the molecule is O=C(NC1CC2CCC21)O[C@@H]1CC[C@H](c2cc(Nc3nccc4nc(CN5CCC5)cn34)n[nH]2)[C@H]1F. The van der Waals surface area contributed by atoms with Gasteiger partial charge in [0.15, 0.2) is 5.82 Å². The lowest BCUT2D eigenvalue weighted by molar-refractivity contribution is -0.00418. The first kappa shape index (κ1) is 22.0. The lowest BCUT2D eigenvalue weighted by Gasteiger charge is -2.52. The summed E-state index contributed by atoms with van der Waals surface area (Å²) in [7, 11) is 0. The number of alkyl carbamates (subject to hydrolysis) is 1. The third kappa shape index (κ3) is 3.89. The fraction of sp³-hybridized carbons (Fsp3) is 0.600. The van der Waals surface area contributed by atoms with Crippen LogP contribution in [0, 0.1) is 11.8 Å². The van der Waals surface area contributed by atoms with Crippen molar-refractivity contribution < 1.29 is 13.9 Å². The molecule has 10 nitrogen and oxygen atoms in total. The van der Waals surface area contributed by atoms with Crippen LogP contribution in [0.3, 0.4) is 0 Å². The van der Waals surface area contributed by atoms with Crippen molar-refractivity contribution >= 4 is 23.5 Å². The van der Waals surface area contributed by atoms with Crippen LogP contribution < -0.4 is 10.6 Å². The van der Waals surface area contributed by atoms with Crippen molar-refractivity contribution in [3.8, 4) is 0 Å². The second-order valence-corrected chi connectivity index (χ2v) is 10.8. The first-order chi connectivity index (χ1) is 17.6. The van der Waals surface area contributed by atoms with E-state index in [1.165, 1.54) is 19.3 Å². The van der Waals surface area contributed by atoms with E-state index in [-0.39, 0.29) is 6.04 Å². The van der Waals surface area contributed by atoms with Gasteiger partial charge in [-0.1, -0.05) is 0 Å². The number of alkyl halides is 1. The Labute approximate surface area is 208 Å². The minimum atomic E-state index is -1.28. The number of aromatic amines is 1. The van der Waals surface area contributed by atoms with Crippen LogP contribution in [-0.4, -0.2) is 67.0 Å². The number of carbonyl (C=O) groups excluding carboxylic acids is 1. The minimum absolute atomic E-state index is 0.202. The first-order valence-electron chi connectivity index (χ1n) is 13.1. The third-order valence-electron chi connectivity index (χ3n) is 8.62. The molecule has 0 bridgehead atoms. The van der Waals surface area contributed by atoms with Crippen molar-refractivity contribution in [2.24, 2.45) is 11.8 Å². The molecule has 3 N–H and O–H groups in total. The highest BCUT2D eigenvalue weighted by Crippen LogP contribution is 2.50. The number of hydrogen-bond acceptors (Lipinski definition) is 7. The van der Waals surface area contributed by atoms with Gasteiger partial charge in [-0.3, -0.25) is 14.4 Å². The summed E-state index contributed by atoms with van der Waals surface area (Å²) >= 11 is 0. The molecule has 3 aliphatic carbocycles. The predicted octanol–water partition coefficient (Wildman–Crippen LogP) is 3.51. The smallest absolute Gasteiger partial charge is 0.407 e. The number of fused-ring (bicyclic) bond motifs is 2. The maximum absolute atomic E-state index is 15.3.